The molecule has 1 atom stereocenters. The molecule has 1 nitrogen and oxygen atoms in total. The van der Waals surface area contributed by atoms with Crippen molar-refractivity contribution in [2.45, 2.75) is 26.7 Å². The molecule has 1 fully saturated rings. The summed E-state index contributed by atoms with van der Waals surface area (Å²) >= 11 is 0. The molecule has 0 aromatic heterocycles. The Labute approximate surface area is 86.2 Å². The van der Waals surface area contributed by atoms with Crippen molar-refractivity contribution < 1.29 is 4.79 Å². The van der Waals surface area contributed by atoms with Gasteiger partial charge in [-0.2, -0.15) is 0 Å². The van der Waals surface area contributed by atoms with E-state index >= 15 is 0 Å². The van der Waals surface area contributed by atoms with Gasteiger partial charge in [0.1, 0.15) is 5.78 Å². The minimum Gasteiger partial charge on any atom is -0.299 e. The van der Waals surface area contributed by atoms with Crippen LogP contribution in [0.1, 0.15) is 26.7 Å². The van der Waals surface area contributed by atoms with Crippen LogP contribution in [-0.2, 0) is 4.79 Å². The molecule has 0 aromatic rings. The van der Waals surface area contributed by atoms with E-state index in [0.29, 0.717) is 24.5 Å². The zero-order valence-corrected chi connectivity index (χ0v) is 9.05. The van der Waals surface area contributed by atoms with Crippen LogP contribution in [-0.4, -0.2) is 5.78 Å². The van der Waals surface area contributed by atoms with E-state index in [1.54, 1.807) is 6.08 Å². The summed E-state index contributed by atoms with van der Waals surface area (Å²) in [5, 5.41) is 0. The average molecular weight is 190 g/mol. The van der Waals surface area contributed by atoms with Gasteiger partial charge in [0.05, 0.1) is 0 Å². The first-order valence-corrected chi connectivity index (χ1v) is 4.96. The third-order valence-electron chi connectivity index (χ3n) is 2.80. The number of rotatable bonds is 2. The van der Waals surface area contributed by atoms with Crippen molar-refractivity contribution in [1.82, 2.24) is 0 Å². The van der Waals surface area contributed by atoms with Crippen molar-refractivity contribution in [3.63, 3.8) is 0 Å². The highest BCUT2D eigenvalue weighted by Gasteiger charge is 2.36. The van der Waals surface area contributed by atoms with E-state index in [4.69, 9.17) is 0 Å². The summed E-state index contributed by atoms with van der Waals surface area (Å²) in [6, 6.07) is 0. The molecule has 1 heteroatoms. The predicted molar refractivity (Wildman–Crippen MR) is 60.0 cm³/mol. The van der Waals surface area contributed by atoms with Crippen molar-refractivity contribution in [3.05, 3.63) is 37.0 Å². The molecule has 0 amide bonds. The molecular formula is C13H18O. The van der Waals surface area contributed by atoms with Gasteiger partial charge >= 0.3 is 0 Å². The Morgan fingerprint density at radius 2 is 2.14 bits per heavy atom. The maximum absolute atomic E-state index is 11.4. The predicted octanol–water partition coefficient (Wildman–Crippen LogP) is 3.29. The highest BCUT2D eigenvalue weighted by molar-refractivity contribution is 5.83. The number of carbonyl (C=O) groups is 1. The van der Waals surface area contributed by atoms with Gasteiger partial charge in [-0.1, -0.05) is 50.8 Å². The van der Waals surface area contributed by atoms with Crippen molar-refractivity contribution in [2.75, 3.05) is 0 Å². The smallest absolute Gasteiger partial charge is 0.137 e. The van der Waals surface area contributed by atoms with Crippen molar-refractivity contribution >= 4 is 5.78 Å². The summed E-state index contributed by atoms with van der Waals surface area (Å²) in [6.07, 6.45) is 6.99. The zero-order chi connectivity index (χ0) is 10.8. The van der Waals surface area contributed by atoms with E-state index in [-0.39, 0.29) is 5.41 Å². The van der Waals surface area contributed by atoms with E-state index in [1.807, 2.05) is 6.08 Å². The normalized spacial score (nSPS) is 26.9. The molecule has 1 rings (SSSR count). The van der Waals surface area contributed by atoms with Gasteiger partial charge in [-0.05, 0) is 5.41 Å². The number of allylic oxidation sites excluding steroid dienone is 4. The number of ketones is 1. The minimum absolute atomic E-state index is 0.00588. The maximum Gasteiger partial charge on any atom is 0.137 e. The monoisotopic (exact) mass is 190 g/mol. The van der Waals surface area contributed by atoms with Crippen LogP contribution in [0.4, 0.5) is 0 Å². The highest BCUT2D eigenvalue weighted by Crippen LogP contribution is 2.42. The lowest BCUT2D eigenvalue weighted by Gasteiger charge is -2.37. The first-order chi connectivity index (χ1) is 6.47. The van der Waals surface area contributed by atoms with Crippen LogP contribution >= 0.6 is 0 Å². The quantitative estimate of drug-likeness (QED) is 0.482. The molecule has 1 saturated carbocycles. The van der Waals surface area contributed by atoms with Crippen molar-refractivity contribution in [1.29, 1.82) is 0 Å². The molecule has 0 bridgehead atoms. The SMILES string of the molecule is C=C/C=C/C1C(=C)CC(=O)CC1(C)C. The zero-order valence-electron chi connectivity index (χ0n) is 9.05. The third kappa shape index (κ3) is 2.22. The molecule has 1 aliphatic rings. The van der Waals surface area contributed by atoms with Crippen LogP contribution < -0.4 is 0 Å². The first kappa shape index (κ1) is 11.0. The molecular weight excluding hydrogens is 172 g/mol. The second-order valence-electron chi connectivity index (χ2n) is 4.64. The van der Waals surface area contributed by atoms with Gasteiger partial charge in [-0.25, -0.2) is 0 Å². The Balaban J connectivity index is 2.90. The summed E-state index contributed by atoms with van der Waals surface area (Å²) in [5.41, 5.74) is 1.04. The van der Waals surface area contributed by atoms with E-state index < -0.39 is 0 Å². The molecule has 0 radical (unpaired) electrons. The molecule has 1 aliphatic carbocycles. The fourth-order valence-corrected chi connectivity index (χ4v) is 2.18. The Kier molecular flexibility index (Phi) is 3.10. The summed E-state index contributed by atoms with van der Waals surface area (Å²) in [4.78, 5) is 11.4. The van der Waals surface area contributed by atoms with E-state index in [0.717, 1.165) is 5.57 Å². The van der Waals surface area contributed by atoms with Crippen LogP contribution in [0, 0.1) is 11.3 Å². The average Bonchev–Trinajstić information content (AvgIpc) is 2.00. The van der Waals surface area contributed by atoms with Crippen LogP contribution in [0.3, 0.4) is 0 Å². The maximum atomic E-state index is 11.4. The largest absolute Gasteiger partial charge is 0.299 e. The molecule has 0 spiro atoms. The molecule has 14 heavy (non-hydrogen) atoms. The molecule has 0 aromatic carbocycles. The minimum atomic E-state index is 0.00588. The molecule has 0 aliphatic heterocycles. The number of Topliss-reactive ketones (excluding diaryl/α,β-unsaturated/α-hetero) is 1. The lowest BCUT2D eigenvalue weighted by Crippen LogP contribution is -2.32. The molecule has 0 saturated heterocycles. The van der Waals surface area contributed by atoms with Gasteiger partial charge < -0.3 is 0 Å². The third-order valence-corrected chi connectivity index (χ3v) is 2.80. The topological polar surface area (TPSA) is 17.1 Å². The fourth-order valence-electron chi connectivity index (χ4n) is 2.18. The van der Waals surface area contributed by atoms with Gasteiger partial charge in [-0.15, -0.1) is 0 Å². The number of hydrogen-bond acceptors (Lipinski definition) is 1. The molecule has 0 heterocycles. The van der Waals surface area contributed by atoms with Gasteiger partial charge in [0.15, 0.2) is 0 Å². The fraction of sp³-hybridized carbons (Fsp3) is 0.462. The van der Waals surface area contributed by atoms with Crippen LogP contribution in [0.5, 0.6) is 0 Å². The first-order valence-electron chi connectivity index (χ1n) is 4.96. The van der Waals surface area contributed by atoms with Gasteiger partial charge in [0.25, 0.3) is 0 Å². The van der Waals surface area contributed by atoms with E-state index in [1.165, 1.54) is 0 Å². The van der Waals surface area contributed by atoms with Crippen LogP contribution in [0.15, 0.2) is 37.0 Å². The van der Waals surface area contributed by atoms with Gasteiger partial charge in [0, 0.05) is 18.8 Å². The molecule has 0 N–H and O–H groups in total. The summed E-state index contributed by atoms with van der Waals surface area (Å²) in [7, 11) is 0. The Hall–Kier alpha value is -1.11. The number of carbonyl (C=O) groups excluding carboxylic acids is 1. The highest BCUT2D eigenvalue weighted by atomic mass is 16.1. The van der Waals surface area contributed by atoms with E-state index in [9.17, 15) is 4.79 Å². The van der Waals surface area contributed by atoms with Crippen LogP contribution in [0.2, 0.25) is 0 Å². The Bertz CT molecular complexity index is 294. The molecule has 1 unspecified atom stereocenters. The standard InChI is InChI=1S/C13H18O/c1-5-6-7-12-10(2)8-11(14)9-13(12,3)4/h5-7,12H,1-2,8-9H2,3-4H3/b7-6+. The lowest BCUT2D eigenvalue weighted by molar-refractivity contribution is -0.122. The van der Waals surface area contributed by atoms with Crippen molar-refractivity contribution in [3.8, 4) is 0 Å². The Morgan fingerprint density at radius 3 is 2.64 bits per heavy atom. The molecule has 76 valence electrons. The number of hydrogen-bond donors (Lipinski definition) is 0. The summed E-state index contributed by atoms with van der Waals surface area (Å²) < 4.78 is 0. The Morgan fingerprint density at radius 1 is 1.50 bits per heavy atom. The van der Waals surface area contributed by atoms with Crippen LogP contribution in [0.25, 0.3) is 0 Å². The second kappa shape index (κ2) is 3.95. The van der Waals surface area contributed by atoms with Gasteiger partial charge in [-0.3, -0.25) is 4.79 Å². The van der Waals surface area contributed by atoms with Crippen molar-refractivity contribution in [2.24, 2.45) is 11.3 Å². The lowest BCUT2D eigenvalue weighted by atomic mass is 9.66. The van der Waals surface area contributed by atoms with E-state index in [2.05, 4.69) is 33.1 Å². The second-order valence-corrected chi connectivity index (χ2v) is 4.64. The summed E-state index contributed by atoms with van der Waals surface area (Å²) in [6.45, 7) is 11.9. The summed E-state index contributed by atoms with van der Waals surface area (Å²) in [5.74, 6) is 0.612. The van der Waals surface area contributed by atoms with Gasteiger partial charge in [0.2, 0.25) is 0 Å².